The van der Waals surface area contributed by atoms with Crippen LogP contribution in [0.5, 0.6) is 5.75 Å². The van der Waals surface area contributed by atoms with Gasteiger partial charge in [-0.25, -0.2) is 0 Å². The number of rotatable bonds is 6. The van der Waals surface area contributed by atoms with Crippen molar-refractivity contribution in [3.05, 3.63) is 94.8 Å². The van der Waals surface area contributed by atoms with Gasteiger partial charge in [-0.1, -0.05) is 36.4 Å². The number of amides is 1. The molecular weight excluding hydrogens is 336 g/mol. The molecule has 1 aromatic heterocycles. The SMILES string of the molecule is CCOc1ccccc1C(=O)N[C@H](c1cccnc1)c1ccc(C)c(C)c1. The van der Waals surface area contributed by atoms with Crippen molar-refractivity contribution in [2.75, 3.05) is 6.61 Å². The molecular formula is C23H24N2O2. The van der Waals surface area contributed by atoms with E-state index in [1.165, 1.54) is 11.1 Å². The maximum atomic E-state index is 13.0. The van der Waals surface area contributed by atoms with Crippen LogP contribution in [0.2, 0.25) is 0 Å². The third kappa shape index (κ3) is 4.34. The molecule has 27 heavy (non-hydrogen) atoms. The van der Waals surface area contributed by atoms with Gasteiger partial charge in [-0.15, -0.1) is 0 Å². The Hall–Kier alpha value is -3.14. The zero-order valence-electron chi connectivity index (χ0n) is 15.9. The monoisotopic (exact) mass is 360 g/mol. The summed E-state index contributed by atoms with van der Waals surface area (Å²) in [7, 11) is 0. The highest BCUT2D eigenvalue weighted by atomic mass is 16.5. The van der Waals surface area contributed by atoms with Crippen molar-refractivity contribution >= 4 is 5.91 Å². The zero-order valence-corrected chi connectivity index (χ0v) is 15.9. The lowest BCUT2D eigenvalue weighted by Gasteiger charge is -2.21. The second-order valence-corrected chi connectivity index (χ2v) is 6.47. The first-order valence-corrected chi connectivity index (χ1v) is 9.10. The van der Waals surface area contributed by atoms with E-state index in [0.717, 1.165) is 11.1 Å². The van der Waals surface area contributed by atoms with Gasteiger partial charge in [0.05, 0.1) is 18.2 Å². The Kier molecular flexibility index (Phi) is 5.87. The molecule has 4 heteroatoms. The molecule has 1 heterocycles. The van der Waals surface area contributed by atoms with Gasteiger partial charge in [0.2, 0.25) is 0 Å². The van der Waals surface area contributed by atoms with Crippen molar-refractivity contribution in [3.63, 3.8) is 0 Å². The fourth-order valence-electron chi connectivity index (χ4n) is 2.99. The summed E-state index contributed by atoms with van der Waals surface area (Å²) in [5.41, 5.74) is 4.88. The number of aryl methyl sites for hydroxylation is 2. The first-order valence-electron chi connectivity index (χ1n) is 9.10. The molecule has 0 bridgehead atoms. The van der Waals surface area contributed by atoms with Crippen molar-refractivity contribution < 1.29 is 9.53 Å². The molecule has 4 nitrogen and oxygen atoms in total. The number of hydrogen-bond acceptors (Lipinski definition) is 3. The Morgan fingerprint density at radius 3 is 2.56 bits per heavy atom. The van der Waals surface area contributed by atoms with Gasteiger partial charge >= 0.3 is 0 Å². The third-order valence-corrected chi connectivity index (χ3v) is 4.59. The molecule has 1 N–H and O–H groups in total. The number of hydrogen-bond donors (Lipinski definition) is 1. The van der Waals surface area contributed by atoms with Crippen molar-refractivity contribution in [1.82, 2.24) is 10.3 Å². The van der Waals surface area contributed by atoms with Crippen molar-refractivity contribution in [2.45, 2.75) is 26.8 Å². The average Bonchev–Trinajstić information content (AvgIpc) is 2.69. The number of benzene rings is 2. The third-order valence-electron chi connectivity index (χ3n) is 4.59. The van der Waals surface area contributed by atoms with Gasteiger partial charge in [-0.2, -0.15) is 0 Å². The standard InChI is InChI=1S/C23H24N2O2/c1-4-27-21-10-6-5-9-20(21)23(26)25-22(19-8-7-13-24-15-19)18-12-11-16(2)17(3)14-18/h5-15,22H,4H2,1-3H3,(H,25,26)/t22-/m0/s1. The highest BCUT2D eigenvalue weighted by Crippen LogP contribution is 2.25. The fourth-order valence-corrected chi connectivity index (χ4v) is 2.99. The predicted molar refractivity (Wildman–Crippen MR) is 107 cm³/mol. The topological polar surface area (TPSA) is 51.2 Å². The van der Waals surface area contributed by atoms with E-state index in [4.69, 9.17) is 4.74 Å². The Balaban J connectivity index is 1.97. The Morgan fingerprint density at radius 2 is 1.85 bits per heavy atom. The van der Waals surface area contributed by atoms with Crippen LogP contribution in [0.1, 0.15) is 45.6 Å². The molecule has 0 saturated carbocycles. The summed E-state index contributed by atoms with van der Waals surface area (Å²) in [6.45, 7) is 6.57. The normalized spacial score (nSPS) is 11.7. The van der Waals surface area contributed by atoms with Crippen LogP contribution < -0.4 is 10.1 Å². The second kappa shape index (κ2) is 8.49. The maximum absolute atomic E-state index is 13.0. The molecule has 0 saturated heterocycles. The maximum Gasteiger partial charge on any atom is 0.255 e. The van der Waals surface area contributed by atoms with Crippen molar-refractivity contribution in [2.24, 2.45) is 0 Å². The molecule has 3 aromatic rings. The summed E-state index contributed by atoms with van der Waals surface area (Å²) in [6.07, 6.45) is 3.52. The van der Waals surface area contributed by atoms with Gasteiger partial charge in [0.25, 0.3) is 5.91 Å². The molecule has 0 unspecified atom stereocenters. The molecule has 0 radical (unpaired) electrons. The van der Waals surface area contributed by atoms with Crippen LogP contribution >= 0.6 is 0 Å². The van der Waals surface area contributed by atoms with E-state index in [-0.39, 0.29) is 11.9 Å². The van der Waals surface area contributed by atoms with Gasteiger partial charge in [0.1, 0.15) is 5.75 Å². The van der Waals surface area contributed by atoms with Crippen LogP contribution in [0.4, 0.5) is 0 Å². The summed E-state index contributed by atoms with van der Waals surface area (Å²) in [4.78, 5) is 17.3. The van der Waals surface area contributed by atoms with E-state index in [1.54, 1.807) is 18.5 Å². The summed E-state index contributed by atoms with van der Waals surface area (Å²) in [6, 6.07) is 17.1. The highest BCUT2D eigenvalue weighted by molar-refractivity contribution is 5.97. The molecule has 3 rings (SSSR count). The molecule has 0 aliphatic rings. The fraction of sp³-hybridized carbons (Fsp3) is 0.217. The summed E-state index contributed by atoms with van der Waals surface area (Å²) < 4.78 is 5.61. The minimum absolute atomic E-state index is 0.175. The Morgan fingerprint density at radius 1 is 1.04 bits per heavy atom. The van der Waals surface area contributed by atoms with Gasteiger partial charge < -0.3 is 10.1 Å². The summed E-state index contributed by atoms with van der Waals surface area (Å²) in [5.74, 6) is 0.411. The van der Waals surface area contributed by atoms with Crippen LogP contribution in [0.3, 0.4) is 0 Å². The number of carbonyl (C=O) groups is 1. The van der Waals surface area contributed by atoms with Crippen molar-refractivity contribution in [1.29, 1.82) is 0 Å². The molecule has 0 spiro atoms. The van der Waals surface area contributed by atoms with E-state index in [0.29, 0.717) is 17.9 Å². The lowest BCUT2D eigenvalue weighted by Crippen LogP contribution is -2.30. The van der Waals surface area contributed by atoms with Crippen LogP contribution in [-0.2, 0) is 0 Å². The van der Waals surface area contributed by atoms with Gasteiger partial charge in [0.15, 0.2) is 0 Å². The van der Waals surface area contributed by atoms with E-state index in [1.807, 2.05) is 37.3 Å². The lowest BCUT2D eigenvalue weighted by atomic mass is 9.96. The van der Waals surface area contributed by atoms with Gasteiger partial charge in [-0.05, 0) is 61.2 Å². The molecule has 1 atom stereocenters. The van der Waals surface area contributed by atoms with Gasteiger partial charge in [0, 0.05) is 12.4 Å². The minimum atomic E-state index is -0.291. The minimum Gasteiger partial charge on any atom is -0.493 e. The Bertz CT molecular complexity index is 923. The quantitative estimate of drug-likeness (QED) is 0.698. The number of pyridine rings is 1. The number of nitrogens with zero attached hydrogens (tertiary/aromatic N) is 1. The molecule has 0 aliphatic heterocycles. The second-order valence-electron chi connectivity index (χ2n) is 6.47. The van der Waals surface area contributed by atoms with Crippen LogP contribution in [0.15, 0.2) is 67.0 Å². The smallest absolute Gasteiger partial charge is 0.255 e. The highest BCUT2D eigenvalue weighted by Gasteiger charge is 2.20. The molecule has 138 valence electrons. The zero-order chi connectivity index (χ0) is 19.2. The average molecular weight is 360 g/mol. The van der Waals surface area contributed by atoms with Crippen LogP contribution in [0.25, 0.3) is 0 Å². The first kappa shape index (κ1) is 18.6. The molecule has 0 aliphatic carbocycles. The molecule has 2 aromatic carbocycles. The van der Waals surface area contributed by atoms with Crippen molar-refractivity contribution in [3.8, 4) is 5.75 Å². The van der Waals surface area contributed by atoms with E-state index in [2.05, 4.69) is 42.3 Å². The first-order chi connectivity index (χ1) is 13.1. The largest absolute Gasteiger partial charge is 0.493 e. The number of carbonyl (C=O) groups excluding carboxylic acids is 1. The number of aromatic nitrogens is 1. The summed E-state index contributed by atoms with van der Waals surface area (Å²) in [5, 5.41) is 3.15. The lowest BCUT2D eigenvalue weighted by molar-refractivity contribution is 0.0939. The molecule has 1 amide bonds. The van der Waals surface area contributed by atoms with E-state index in [9.17, 15) is 4.79 Å². The van der Waals surface area contributed by atoms with Crippen LogP contribution in [0, 0.1) is 13.8 Å². The molecule has 0 fully saturated rings. The predicted octanol–water partition coefficient (Wildman–Crippen LogP) is 4.62. The summed E-state index contributed by atoms with van der Waals surface area (Å²) >= 11 is 0. The Labute approximate surface area is 160 Å². The number of ether oxygens (including phenoxy) is 1. The van der Waals surface area contributed by atoms with E-state index >= 15 is 0 Å². The number of para-hydroxylation sites is 1. The number of nitrogens with one attached hydrogen (secondary N) is 1. The van der Waals surface area contributed by atoms with E-state index < -0.39 is 0 Å². The van der Waals surface area contributed by atoms with Crippen LogP contribution in [-0.4, -0.2) is 17.5 Å². The van der Waals surface area contributed by atoms with Gasteiger partial charge in [-0.3, -0.25) is 9.78 Å².